The van der Waals surface area contributed by atoms with E-state index in [9.17, 15) is 19.1 Å². The number of nitrogens with one attached hydrogen (secondary N) is 2. The molecule has 3 N–H and O–H groups in total. The minimum absolute atomic E-state index is 0.102. The molecule has 1 aromatic heterocycles. The van der Waals surface area contributed by atoms with Gasteiger partial charge in [-0.2, -0.15) is 0 Å². The minimum atomic E-state index is -1.10. The molecule has 110 valence electrons. The molecule has 0 aliphatic carbocycles. The third-order valence-electron chi connectivity index (χ3n) is 2.57. The number of carbonyl (C=O) groups is 2. The molecule has 0 bridgehead atoms. The first-order chi connectivity index (χ1) is 9.88. The maximum absolute atomic E-state index is 13.2. The Bertz CT molecular complexity index is 736. The number of rotatable bonds is 2. The number of azo groups is 1. The summed E-state index contributed by atoms with van der Waals surface area (Å²) in [7, 11) is 0. The fourth-order valence-electron chi connectivity index (χ4n) is 1.70. The summed E-state index contributed by atoms with van der Waals surface area (Å²) in [6, 6.07) is 3.54. The molecule has 0 unspecified atom stereocenters. The molecule has 0 aliphatic heterocycles. The zero-order valence-electron chi connectivity index (χ0n) is 11.3. The van der Waals surface area contributed by atoms with Crippen molar-refractivity contribution in [3.8, 4) is 5.88 Å². The molecule has 0 aliphatic rings. The van der Waals surface area contributed by atoms with Crippen molar-refractivity contribution >= 4 is 28.4 Å². The molecule has 8 heteroatoms. The molecule has 0 radical (unpaired) electrons. The van der Waals surface area contributed by atoms with Crippen LogP contribution in [0.2, 0.25) is 0 Å². The summed E-state index contributed by atoms with van der Waals surface area (Å²) in [5, 5.41) is 19.1. The fourth-order valence-corrected chi connectivity index (χ4v) is 1.70. The van der Waals surface area contributed by atoms with Crippen molar-refractivity contribution in [1.29, 1.82) is 0 Å². The highest BCUT2D eigenvalue weighted by molar-refractivity contribution is 6.35. The Morgan fingerprint density at radius 2 is 2.10 bits per heavy atom. The molecule has 1 aromatic carbocycles. The Morgan fingerprint density at radius 1 is 1.38 bits per heavy atom. The second-order valence-corrected chi connectivity index (χ2v) is 4.65. The number of H-pyrrole nitrogens is 1. The minimum Gasteiger partial charge on any atom is -0.493 e. The van der Waals surface area contributed by atoms with Crippen LogP contribution in [0, 0.1) is 5.82 Å². The Labute approximate surface area is 118 Å². The van der Waals surface area contributed by atoms with Gasteiger partial charge in [-0.05, 0) is 32.0 Å². The lowest BCUT2D eigenvalue weighted by Gasteiger charge is -2.03. The number of aromatic nitrogens is 1. The Morgan fingerprint density at radius 3 is 2.76 bits per heavy atom. The summed E-state index contributed by atoms with van der Waals surface area (Å²) >= 11 is 0. The largest absolute Gasteiger partial charge is 0.493 e. The lowest BCUT2D eigenvalue weighted by molar-refractivity contribution is -0.137. The van der Waals surface area contributed by atoms with E-state index in [1.165, 1.54) is 12.1 Å². The average Bonchev–Trinajstić information content (AvgIpc) is 2.70. The predicted molar refractivity (Wildman–Crippen MR) is 72.7 cm³/mol. The van der Waals surface area contributed by atoms with Crippen LogP contribution in [0.3, 0.4) is 0 Å². The molecule has 0 saturated carbocycles. The molecular weight excluding hydrogens is 279 g/mol. The smallest absolute Gasteiger partial charge is 0.353 e. The van der Waals surface area contributed by atoms with Gasteiger partial charge in [-0.3, -0.25) is 9.59 Å². The molecule has 2 aromatic rings. The van der Waals surface area contributed by atoms with Gasteiger partial charge in [0.25, 0.3) is 0 Å². The van der Waals surface area contributed by atoms with Gasteiger partial charge in [-0.1, -0.05) is 0 Å². The van der Waals surface area contributed by atoms with Crippen molar-refractivity contribution in [3.05, 3.63) is 24.0 Å². The number of amides is 2. The molecule has 2 amide bonds. The Balaban J connectivity index is 2.29. The van der Waals surface area contributed by atoms with Crippen molar-refractivity contribution in [2.45, 2.75) is 19.9 Å². The van der Waals surface area contributed by atoms with E-state index in [0.717, 1.165) is 6.07 Å². The molecule has 0 saturated heterocycles. The first kappa shape index (κ1) is 14.6. The lowest BCUT2D eigenvalue weighted by atomic mass is 10.2. The van der Waals surface area contributed by atoms with Gasteiger partial charge in [0.1, 0.15) is 5.82 Å². The van der Waals surface area contributed by atoms with Gasteiger partial charge in [-0.25, -0.2) is 4.39 Å². The van der Waals surface area contributed by atoms with Crippen molar-refractivity contribution in [2.75, 3.05) is 0 Å². The van der Waals surface area contributed by atoms with E-state index in [2.05, 4.69) is 20.5 Å². The van der Waals surface area contributed by atoms with Crippen molar-refractivity contribution < 1.29 is 19.1 Å². The van der Waals surface area contributed by atoms with E-state index in [1.54, 1.807) is 13.8 Å². The first-order valence-electron chi connectivity index (χ1n) is 6.15. The lowest BCUT2D eigenvalue weighted by Crippen LogP contribution is -2.34. The normalized spacial score (nSPS) is 11.4. The number of fused-ring (bicyclic) bond motifs is 1. The van der Waals surface area contributed by atoms with E-state index in [4.69, 9.17) is 0 Å². The molecule has 0 spiro atoms. The van der Waals surface area contributed by atoms with Crippen LogP contribution in [0.4, 0.5) is 10.1 Å². The first-order valence-corrected chi connectivity index (χ1v) is 6.15. The highest BCUT2D eigenvalue weighted by atomic mass is 19.1. The molecule has 7 nitrogen and oxygen atoms in total. The van der Waals surface area contributed by atoms with Gasteiger partial charge in [0, 0.05) is 11.4 Å². The number of benzene rings is 1. The van der Waals surface area contributed by atoms with E-state index in [-0.39, 0.29) is 23.0 Å². The molecule has 21 heavy (non-hydrogen) atoms. The standard InChI is InChI=1S/C13H13FN4O3/c1-6(2)15-12(20)13(21)18-17-10-8-5-7(14)3-4-9(8)16-11(10)19/h3-6,16,19H,1-2H3,(H,15,20). The van der Waals surface area contributed by atoms with Crippen LogP contribution in [0.5, 0.6) is 5.88 Å². The Kier molecular flexibility index (Phi) is 3.97. The quantitative estimate of drug-likeness (QED) is 0.583. The topological polar surface area (TPSA) is 107 Å². The highest BCUT2D eigenvalue weighted by Gasteiger charge is 2.16. The number of aromatic amines is 1. The summed E-state index contributed by atoms with van der Waals surface area (Å²) in [5.74, 6) is -2.90. The van der Waals surface area contributed by atoms with Crippen LogP contribution in [0.15, 0.2) is 28.4 Å². The third kappa shape index (κ3) is 3.22. The maximum atomic E-state index is 13.2. The van der Waals surface area contributed by atoms with Crippen LogP contribution in [0.1, 0.15) is 13.8 Å². The highest BCUT2D eigenvalue weighted by Crippen LogP contribution is 2.35. The van der Waals surface area contributed by atoms with Crippen molar-refractivity contribution in [1.82, 2.24) is 10.3 Å². The second-order valence-electron chi connectivity index (χ2n) is 4.65. The summed E-state index contributed by atoms with van der Waals surface area (Å²) in [4.78, 5) is 25.4. The molecule has 0 fully saturated rings. The Hall–Kier alpha value is -2.77. The van der Waals surface area contributed by atoms with Crippen LogP contribution in [0.25, 0.3) is 10.9 Å². The number of halogens is 1. The molecular formula is C13H13FN4O3. The number of nitrogens with zero attached hydrogens (tertiary/aromatic N) is 2. The van der Waals surface area contributed by atoms with Crippen molar-refractivity contribution in [3.63, 3.8) is 0 Å². The second kappa shape index (κ2) is 5.70. The number of carbonyl (C=O) groups excluding carboxylic acids is 2. The monoisotopic (exact) mass is 292 g/mol. The van der Waals surface area contributed by atoms with Crippen LogP contribution in [-0.4, -0.2) is 27.9 Å². The predicted octanol–water partition coefficient (Wildman–Crippen LogP) is 2.15. The molecule has 2 rings (SSSR count). The number of hydrogen-bond acceptors (Lipinski definition) is 4. The van der Waals surface area contributed by atoms with Crippen LogP contribution >= 0.6 is 0 Å². The summed E-state index contributed by atoms with van der Waals surface area (Å²) in [6.07, 6.45) is 0. The average molecular weight is 292 g/mol. The van der Waals surface area contributed by atoms with Gasteiger partial charge in [0.2, 0.25) is 5.88 Å². The van der Waals surface area contributed by atoms with Gasteiger partial charge < -0.3 is 15.4 Å². The summed E-state index contributed by atoms with van der Waals surface area (Å²) < 4.78 is 13.2. The van der Waals surface area contributed by atoms with Gasteiger partial charge >= 0.3 is 11.8 Å². The zero-order chi connectivity index (χ0) is 15.6. The van der Waals surface area contributed by atoms with E-state index in [1.807, 2.05) is 0 Å². The van der Waals surface area contributed by atoms with Crippen LogP contribution < -0.4 is 5.32 Å². The van der Waals surface area contributed by atoms with E-state index < -0.39 is 17.6 Å². The van der Waals surface area contributed by atoms with Gasteiger partial charge in [-0.15, -0.1) is 10.2 Å². The van der Waals surface area contributed by atoms with Gasteiger partial charge in [0.15, 0.2) is 5.69 Å². The molecule has 1 heterocycles. The van der Waals surface area contributed by atoms with E-state index >= 15 is 0 Å². The number of aromatic hydroxyl groups is 1. The SMILES string of the molecule is CC(C)NC(=O)C(=O)N=Nc1c(O)[nH]c2ccc(F)cc12. The summed E-state index contributed by atoms with van der Waals surface area (Å²) in [5.41, 5.74) is 0.331. The summed E-state index contributed by atoms with van der Waals surface area (Å²) in [6.45, 7) is 3.38. The fraction of sp³-hybridized carbons (Fsp3) is 0.231. The van der Waals surface area contributed by atoms with Crippen LogP contribution in [-0.2, 0) is 9.59 Å². The maximum Gasteiger partial charge on any atom is 0.353 e. The third-order valence-corrected chi connectivity index (χ3v) is 2.57. The molecule has 0 atom stereocenters. The van der Waals surface area contributed by atoms with E-state index in [0.29, 0.717) is 5.52 Å². The van der Waals surface area contributed by atoms with Gasteiger partial charge in [0.05, 0.1) is 5.52 Å². The number of hydrogen-bond donors (Lipinski definition) is 3. The van der Waals surface area contributed by atoms with Crippen molar-refractivity contribution in [2.24, 2.45) is 10.2 Å². The zero-order valence-corrected chi connectivity index (χ0v) is 11.3.